The van der Waals surface area contributed by atoms with Gasteiger partial charge in [0.05, 0.1) is 18.2 Å². The summed E-state index contributed by atoms with van der Waals surface area (Å²) in [5, 5.41) is 10.9. The van der Waals surface area contributed by atoms with Crippen molar-refractivity contribution in [2.45, 2.75) is 58.8 Å². The second kappa shape index (κ2) is 12.1. The molecule has 2 unspecified atom stereocenters. The van der Waals surface area contributed by atoms with Crippen LogP contribution < -0.4 is 15.0 Å². The molecule has 42 heavy (non-hydrogen) atoms. The van der Waals surface area contributed by atoms with Crippen LogP contribution in [0.4, 0.5) is 4.79 Å². The van der Waals surface area contributed by atoms with Gasteiger partial charge in [-0.3, -0.25) is 9.69 Å². The van der Waals surface area contributed by atoms with Crippen molar-refractivity contribution in [3.63, 3.8) is 0 Å². The summed E-state index contributed by atoms with van der Waals surface area (Å²) >= 11 is 0. The van der Waals surface area contributed by atoms with Crippen molar-refractivity contribution < 1.29 is 28.9 Å². The average Bonchev–Trinajstić information content (AvgIpc) is 2.98. The number of fused-ring (bicyclic) bond motifs is 2. The van der Waals surface area contributed by atoms with Crippen molar-refractivity contribution in [3.05, 3.63) is 70.0 Å². The fraction of sp³-hybridized carbons (Fsp3) is 0.469. The molecule has 10 nitrogen and oxygen atoms in total. The fourth-order valence-electron chi connectivity index (χ4n) is 6.26. The van der Waals surface area contributed by atoms with Gasteiger partial charge >= 0.3 is 12.1 Å². The SMILES string of the molecule is COC(=O)c1cc(=O)n(CCN2CCC(N(Cc3ccc4c(c3)OCCO4)C(=O)O)CC2C(C)(C)C)c2ccccc12. The van der Waals surface area contributed by atoms with E-state index in [2.05, 4.69) is 25.7 Å². The average molecular weight is 578 g/mol. The fourth-order valence-corrected chi connectivity index (χ4v) is 6.26. The Bertz CT molecular complexity index is 1530. The molecule has 2 atom stereocenters. The molecule has 1 saturated heterocycles. The summed E-state index contributed by atoms with van der Waals surface area (Å²) in [5.74, 6) is 0.790. The minimum Gasteiger partial charge on any atom is -0.486 e. The lowest BCUT2D eigenvalue weighted by atomic mass is 9.78. The second-order valence-electron chi connectivity index (χ2n) is 12.0. The number of pyridine rings is 1. The van der Waals surface area contributed by atoms with Gasteiger partial charge in [-0.05, 0) is 42.0 Å². The number of amides is 1. The smallest absolute Gasteiger partial charge is 0.407 e. The van der Waals surface area contributed by atoms with E-state index >= 15 is 0 Å². The number of hydrogen-bond acceptors (Lipinski definition) is 7. The van der Waals surface area contributed by atoms with Gasteiger partial charge in [0.2, 0.25) is 0 Å². The van der Waals surface area contributed by atoms with Crippen LogP contribution in [0.3, 0.4) is 0 Å². The lowest BCUT2D eigenvalue weighted by Crippen LogP contribution is -2.55. The van der Waals surface area contributed by atoms with Gasteiger partial charge in [-0.1, -0.05) is 45.0 Å². The third-order valence-electron chi connectivity index (χ3n) is 8.37. The molecular formula is C32H39N3O7. The molecule has 1 amide bonds. The largest absolute Gasteiger partial charge is 0.486 e. The molecule has 0 saturated carbocycles. The topological polar surface area (TPSA) is 111 Å². The predicted octanol–water partition coefficient (Wildman–Crippen LogP) is 4.62. The maximum Gasteiger partial charge on any atom is 0.407 e. The van der Waals surface area contributed by atoms with Crippen molar-refractivity contribution in [2.75, 3.05) is 33.4 Å². The van der Waals surface area contributed by atoms with Crippen LogP contribution in [0.25, 0.3) is 10.9 Å². The van der Waals surface area contributed by atoms with Gasteiger partial charge < -0.3 is 28.8 Å². The third kappa shape index (κ3) is 6.09. The van der Waals surface area contributed by atoms with Crippen LogP contribution in [-0.2, 0) is 17.8 Å². The first-order chi connectivity index (χ1) is 20.1. The van der Waals surface area contributed by atoms with Crippen LogP contribution in [-0.4, -0.2) is 77.0 Å². The highest BCUT2D eigenvalue weighted by Gasteiger charge is 2.39. The van der Waals surface area contributed by atoms with Gasteiger partial charge in [0.25, 0.3) is 5.56 Å². The zero-order valence-corrected chi connectivity index (χ0v) is 24.7. The van der Waals surface area contributed by atoms with Gasteiger partial charge in [-0.15, -0.1) is 0 Å². The standard InChI is InChI=1S/C32H39N3O7/c1-32(2,3)28-18-22(35(31(38)39)20-21-9-10-26-27(17-21)42-16-15-41-26)11-12-33(28)13-14-34-25-8-6-5-7-23(25)24(19-29(34)36)30(37)40-4/h5-10,17,19,22,28H,11-16,18,20H2,1-4H3,(H,38,39). The molecule has 3 heterocycles. The molecule has 0 spiro atoms. The van der Waals surface area contributed by atoms with E-state index < -0.39 is 12.1 Å². The predicted molar refractivity (Wildman–Crippen MR) is 158 cm³/mol. The quantitative estimate of drug-likeness (QED) is 0.405. The lowest BCUT2D eigenvalue weighted by molar-refractivity contribution is 0.0131. The number of carbonyl (C=O) groups excluding carboxylic acids is 1. The summed E-state index contributed by atoms with van der Waals surface area (Å²) in [6, 6.07) is 14.3. The Morgan fingerprint density at radius 3 is 2.50 bits per heavy atom. The van der Waals surface area contributed by atoms with Crippen LogP contribution in [0.15, 0.2) is 53.3 Å². The molecule has 2 aromatic carbocycles. The highest BCUT2D eigenvalue weighted by molar-refractivity contribution is 6.03. The summed E-state index contributed by atoms with van der Waals surface area (Å²) in [5.41, 5.74) is 1.42. The Morgan fingerprint density at radius 2 is 1.79 bits per heavy atom. The van der Waals surface area contributed by atoms with Crippen molar-refractivity contribution in [1.82, 2.24) is 14.4 Å². The number of rotatable bonds is 7. The van der Waals surface area contributed by atoms with Crippen molar-refractivity contribution in [1.29, 1.82) is 0 Å². The Labute approximate surface area is 245 Å². The normalized spacial score (nSPS) is 19.0. The van der Waals surface area contributed by atoms with Crippen molar-refractivity contribution in [3.8, 4) is 11.5 Å². The van der Waals surface area contributed by atoms with E-state index in [4.69, 9.17) is 14.2 Å². The van der Waals surface area contributed by atoms with Gasteiger partial charge in [-0.25, -0.2) is 9.59 Å². The number of ether oxygens (including phenoxy) is 3. The molecule has 0 radical (unpaired) electrons. The van der Waals surface area contributed by atoms with Crippen molar-refractivity contribution >= 4 is 23.0 Å². The Hall–Kier alpha value is -4.05. The zero-order valence-electron chi connectivity index (χ0n) is 24.7. The van der Waals surface area contributed by atoms with Crippen LogP contribution in [0.2, 0.25) is 0 Å². The number of hydrogen-bond donors (Lipinski definition) is 1. The first kappa shape index (κ1) is 29.4. The van der Waals surface area contributed by atoms with Crippen molar-refractivity contribution in [2.24, 2.45) is 5.41 Å². The lowest BCUT2D eigenvalue weighted by Gasteiger charge is -2.48. The number of carbonyl (C=O) groups is 2. The molecule has 2 aliphatic heterocycles. The van der Waals surface area contributed by atoms with E-state index in [0.717, 1.165) is 5.56 Å². The monoisotopic (exact) mass is 577 g/mol. The zero-order chi connectivity index (χ0) is 30.0. The number of likely N-dealkylation sites (tertiary alicyclic amines) is 1. The van der Waals surface area contributed by atoms with E-state index in [1.165, 1.54) is 13.2 Å². The second-order valence-corrected chi connectivity index (χ2v) is 12.0. The Balaban J connectivity index is 1.34. The molecule has 0 bridgehead atoms. The van der Waals surface area contributed by atoms with Gasteiger partial charge in [0.1, 0.15) is 13.2 Å². The van der Waals surface area contributed by atoms with E-state index in [1.54, 1.807) is 9.47 Å². The maximum atomic E-state index is 13.2. The van der Waals surface area contributed by atoms with Crippen LogP contribution >= 0.6 is 0 Å². The van der Waals surface area contributed by atoms with Gasteiger partial charge in [0.15, 0.2) is 11.5 Å². The first-order valence-electron chi connectivity index (χ1n) is 14.4. The molecule has 224 valence electrons. The number of esters is 1. The number of nitrogens with zero attached hydrogens (tertiary/aromatic N) is 3. The number of para-hydroxylation sites is 1. The van der Waals surface area contributed by atoms with E-state index in [0.29, 0.717) is 68.1 Å². The summed E-state index contributed by atoms with van der Waals surface area (Å²) in [6.07, 6.45) is 0.414. The first-order valence-corrected chi connectivity index (χ1v) is 14.4. The highest BCUT2D eigenvalue weighted by Crippen LogP contribution is 2.36. The molecule has 10 heteroatoms. The van der Waals surface area contributed by atoms with E-state index in [-0.39, 0.29) is 35.2 Å². The number of benzene rings is 2. The molecule has 3 aromatic rings. The minimum atomic E-state index is -0.945. The molecule has 2 aliphatic rings. The summed E-state index contributed by atoms with van der Waals surface area (Å²) in [4.78, 5) is 41.9. The van der Waals surface area contributed by atoms with E-state index in [9.17, 15) is 19.5 Å². The summed E-state index contributed by atoms with van der Waals surface area (Å²) in [6.45, 7) is 9.52. The summed E-state index contributed by atoms with van der Waals surface area (Å²) < 4.78 is 17.9. The number of piperidine rings is 1. The highest BCUT2D eigenvalue weighted by atomic mass is 16.6. The number of methoxy groups -OCH3 is 1. The maximum absolute atomic E-state index is 13.2. The number of carboxylic acid groups (broad SMARTS) is 1. The molecule has 5 rings (SSSR count). The molecule has 1 N–H and O–H groups in total. The Kier molecular flexibility index (Phi) is 8.45. The molecule has 1 fully saturated rings. The molecular weight excluding hydrogens is 538 g/mol. The minimum absolute atomic E-state index is 0.0923. The molecule has 1 aromatic heterocycles. The van der Waals surface area contributed by atoms with Crippen LogP contribution in [0, 0.1) is 5.41 Å². The van der Waals surface area contributed by atoms with Crippen LogP contribution in [0.5, 0.6) is 11.5 Å². The van der Waals surface area contributed by atoms with E-state index in [1.807, 2.05) is 42.5 Å². The molecule has 0 aliphatic carbocycles. The Morgan fingerprint density at radius 1 is 1.05 bits per heavy atom. The van der Waals surface area contributed by atoms with Crippen LogP contribution in [0.1, 0.15) is 49.5 Å². The summed E-state index contributed by atoms with van der Waals surface area (Å²) in [7, 11) is 1.31. The van der Waals surface area contributed by atoms with Gasteiger partial charge in [-0.2, -0.15) is 0 Å². The number of aromatic nitrogens is 1. The third-order valence-corrected chi connectivity index (χ3v) is 8.37. The van der Waals surface area contributed by atoms with Gasteiger partial charge in [0, 0.05) is 49.7 Å².